The van der Waals surface area contributed by atoms with Gasteiger partial charge in [-0.1, -0.05) is 6.42 Å². The van der Waals surface area contributed by atoms with E-state index in [2.05, 4.69) is 0 Å². The van der Waals surface area contributed by atoms with Crippen LogP contribution in [-0.2, 0) is 9.59 Å². The zero-order valence-electron chi connectivity index (χ0n) is 7.56. The molecule has 0 heterocycles. The molecule has 14 heavy (non-hydrogen) atoms. The van der Waals surface area contributed by atoms with E-state index in [-0.39, 0.29) is 12.8 Å². The molecule has 0 unspecified atom stereocenters. The molecule has 0 aliphatic heterocycles. The van der Waals surface area contributed by atoms with Crippen LogP contribution < -0.4 is 5.48 Å². The fraction of sp³-hybridized carbons (Fsp3) is 0.750. The lowest BCUT2D eigenvalue weighted by molar-refractivity contribution is -0.171. The predicted octanol–water partition coefficient (Wildman–Crippen LogP) is -0.502. The first-order chi connectivity index (χ1) is 6.52. The number of amides is 1. The number of hydrogen-bond donors (Lipinski definition) is 4. The first-order valence-corrected chi connectivity index (χ1v) is 4.42. The maximum Gasteiger partial charge on any atom is 0.309 e. The number of carbonyl (C=O) groups excluding carboxylic acids is 1. The summed E-state index contributed by atoms with van der Waals surface area (Å²) in [7, 11) is 0. The maximum atomic E-state index is 11.1. The summed E-state index contributed by atoms with van der Waals surface area (Å²) in [6.07, 6.45) is 1.56. The van der Waals surface area contributed by atoms with Crippen molar-refractivity contribution in [3.8, 4) is 0 Å². The van der Waals surface area contributed by atoms with Crippen molar-refractivity contribution in [3.63, 3.8) is 0 Å². The molecule has 4 N–H and O–H groups in total. The lowest BCUT2D eigenvalue weighted by atomic mass is 9.75. The molecule has 0 aromatic carbocycles. The monoisotopic (exact) mass is 203 g/mol. The number of hydrogen-bond acceptors (Lipinski definition) is 4. The standard InChI is InChI=1S/C8H13NO5/c10-6(11)5-3-1-2-4-8(5,13)7(12)9-14/h5,13-14H,1-4H2,(H,9,12)(H,10,11)/t5-,8-/m0/s1. The number of carboxylic acid groups (broad SMARTS) is 1. The molecule has 0 saturated heterocycles. The Morgan fingerprint density at radius 1 is 1.36 bits per heavy atom. The number of rotatable bonds is 2. The minimum absolute atomic E-state index is 0.0658. The minimum Gasteiger partial charge on any atom is -0.481 e. The molecular formula is C8H13NO5. The van der Waals surface area contributed by atoms with Gasteiger partial charge in [0.25, 0.3) is 5.91 Å². The highest BCUT2D eigenvalue weighted by molar-refractivity contribution is 5.90. The summed E-state index contributed by atoms with van der Waals surface area (Å²) in [5, 5.41) is 27.0. The van der Waals surface area contributed by atoms with Gasteiger partial charge in [-0.3, -0.25) is 14.8 Å². The largest absolute Gasteiger partial charge is 0.481 e. The summed E-state index contributed by atoms with van der Waals surface area (Å²) < 4.78 is 0. The number of nitrogens with one attached hydrogen (secondary N) is 1. The molecule has 1 aliphatic carbocycles. The average molecular weight is 203 g/mol. The van der Waals surface area contributed by atoms with Crippen molar-refractivity contribution in [1.29, 1.82) is 0 Å². The number of carboxylic acids is 1. The second-order valence-corrected chi connectivity index (χ2v) is 3.50. The van der Waals surface area contributed by atoms with E-state index >= 15 is 0 Å². The number of hydroxylamine groups is 1. The quantitative estimate of drug-likeness (QED) is 0.357. The molecule has 6 nitrogen and oxygen atoms in total. The van der Waals surface area contributed by atoms with Crippen molar-refractivity contribution in [2.24, 2.45) is 5.92 Å². The lowest BCUT2D eigenvalue weighted by Crippen LogP contribution is -2.55. The number of carbonyl (C=O) groups is 2. The van der Waals surface area contributed by atoms with Crippen LogP contribution in [0, 0.1) is 5.92 Å². The van der Waals surface area contributed by atoms with Gasteiger partial charge in [-0.15, -0.1) is 0 Å². The Balaban J connectivity index is 2.90. The second-order valence-electron chi connectivity index (χ2n) is 3.50. The highest BCUT2D eigenvalue weighted by Gasteiger charge is 2.49. The molecule has 0 aromatic rings. The van der Waals surface area contributed by atoms with Gasteiger partial charge < -0.3 is 10.2 Å². The smallest absolute Gasteiger partial charge is 0.309 e. The Hall–Kier alpha value is -1.14. The molecule has 1 saturated carbocycles. The third-order valence-corrected chi connectivity index (χ3v) is 2.67. The molecule has 0 aromatic heterocycles. The Morgan fingerprint density at radius 3 is 2.50 bits per heavy atom. The van der Waals surface area contributed by atoms with Crippen LogP contribution >= 0.6 is 0 Å². The van der Waals surface area contributed by atoms with Gasteiger partial charge >= 0.3 is 5.97 Å². The highest BCUT2D eigenvalue weighted by atomic mass is 16.5. The van der Waals surface area contributed by atoms with E-state index in [1.165, 1.54) is 5.48 Å². The molecule has 0 radical (unpaired) electrons. The van der Waals surface area contributed by atoms with Crippen molar-refractivity contribution in [1.82, 2.24) is 5.48 Å². The summed E-state index contributed by atoms with van der Waals surface area (Å²) >= 11 is 0. The van der Waals surface area contributed by atoms with Gasteiger partial charge in [0, 0.05) is 0 Å². The van der Waals surface area contributed by atoms with Crippen LogP contribution in [0.5, 0.6) is 0 Å². The van der Waals surface area contributed by atoms with Gasteiger partial charge in [0.15, 0.2) is 5.60 Å². The third kappa shape index (κ3) is 1.71. The van der Waals surface area contributed by atoms with Crippen molar-refractivity contribution < 1.29 is 25.0 Å². The van der Waals surface area contributed by atoms with E-state index in [1.54, 1.807) is 0 Å². The van der Waals surface area contributed by atoms with Crippen molar-refractivity contribution in [3.05, 3.63) is 0 Å². The maximum absolute atomic E-state index is 11.1. The Bertz CT molecular complexity index is 254. The van der Waals surface area contributed by atoms with E-state index in [0.717, 1.165) is 0 Å². The SMILES string of the molecule is O=C(O)[C@@H]1CCCC[C@@]1(O)C(=O)NO. The van der Waals surface area contributed by atoms with E-state index in [1.807, 2.05) is 0 Å². The Kier molecular flexibility index (Phi) is 3.07. The van der Waals surface area contributed by atoms with Crippen LogP contribution in [0.4, 0.5) is 0 Å². The first kappa shape index (κ1) is 10.9. The first-order valence-electron chi connectivity index (χ1n) is 4.42. The molecule has 1 amide bonds. The predicted molar refractivity (Wildman–Crippen MR) is 44.5 cm³/mol. The van der Waals surface area contributed by atoms with Crippen LogP contribution in [0.1, 0.15) is 25.7 Å². The lowest BCUT2D eigenvalue weighted by Gasteiger charge is -2.35. The molecule has 0 bridgehead atoms. The number of aliphatic hydroxyl groups is 1. The zero-order valence-corrected chi connectivity index (χ0v) is 7.56. The van der Waals surface area contributed by atoms with Crippen LogP contribution in [-0.4, -0.2) is 32.9 Å². The Morgan fingerprint density at radius 2 is 2.00 bits per heavy atom. The van der Waals surface area contributed by atoms with Crippen LogP contribution in [0.3, 0.4) is 0 Å². The zero-order chi connectivity index (χ0) is 10.8. The second kappa shape index (κ2) is 3.93. The van der Waals surface area contributed by atoms with Crippen molar-refractivity contribution in [2.45, 2.75) is 31.3 Å². The average Bonchev–Trinajstić information content (AvgIpc) is 2.16. The van der Waals surface area contributed by atoms with Gasteiger partial charge in [0.1, 0.15) is 0 Å². The minimum atomic E-state index is -1.97. The summed E-state index contributed by atoms with van der Waals surface area (Å²) in [5.41, 5.74) is -0.666. The summed E-state index contributed by atoms with van der Waals surface area (Å²) in [6, 6.07) is 0. The fourth-order valence-electron chi connectivity index (χ4n) is 1.85. The fourth-order valence-corrected chi connectivity index (χ4v) is 1.85. The van der Waals surface area contributed by atoms with Gasteiger partial charge in [-0.2, -0.15) is 0 Å². The van der Waals surface area contributed by atoms with E-state index in [9.17, 15) is 14.7 Å². The molecule has 1 aliphatic rings. The van der Waals surface area contributed by atoms with Crippen LogP contribution in [0.25, 0.3) is 0 Å². The summed E-state index contributed by atoms with van der Waals surface area (Å²) in [4.78, 5) is 21.9. The summed E-state index contributed by atoms with van der Waals surface area (Å²) in [6.45, 7) is 0. The van der Waals surface area contributed by atoms with Gasteiger partial charge in [-0.25, -0.2) is 5.48 Å². The van der Waals surface area contributed by atoms with E-state index in [0.29, 0.717) is 12.8 Å². The van der Waals surface area contributed by atoms with Gasteiger partial charge in [-0.05, 0) is 19.3 Å². The Labute approximate surface area is 80.5 Å². The molecule has 6 heteroatoms. The molecule has 2 atom stereocenters. The van der Waals surface area contributed by atoms with Crippen LogP contribution in [0.2, 0.25) is 0 Å². The van der Waals surface area contributed by atoms with E-state index in [4.69, 9.17) is 10.3 Å². The van der Waals surface area contributed by atoms with E-state index < -0.39 is 23.4 Å². The summed E-state index contributed by atoms with van der Waals surface area (Å²) in [5.74, 6) is -3.39. The molecule has 1 fully saturated rings. The van der Waals surface area contributed by atoms with Crippen molar-refractivity contribution in [2.75, 3.05) is 0 Å². The van der Waals surface area contributed by atoms with Gasteiger partial charge in [0.2, 0.25) is 0 Å². The molecule has 0 spiro atoms. The molecule has 1 rings (SSSR count). The highest BCUT2D eigenvalue weighted by Crippen LogP contribution is 2.34. The van der Waals surface area contributed by atoms with Crippen LogP contribution in [0.15, 0.2) is 0 Å². The normalized spacial score (nSPS) is 32.3. The number of aliphatic carboxylic acids is 1. The third-order valence-electron chi connectivity index (χ3n) is 2.67. The van der Waals surface area contributed by atoms with Crippen molar-refractivity contribution >= 4 is 11.9 Å². The molecule has 80 valence electrons. The molecular weight excluding hydrogens is 190 g/mol. The van der Waals surface area contributed by atoms with Gasteiger partial charge in [0.05, 0.1) is 5.92 Å². The topological polar surface area (TPSA) is 107 Å².